The number of carbonyl (C=O) groups is 1. The van der Waals surface area contributed by atoms with E-state index in [2.05, 4.69) is 5.32 Å². The van der Waals surface area contributed by atoms with E-state index in [1.807, 2.05) is 42.5 Å². The smallest absolute Gasteiger partial charge is 0.255 e. The molecular weight excluding hydrogens is 248 g/mol. The molecule has 1 amide bonds. The van der Waals surface area contributed by atoms with E-state index in [-0.39, 0.29) is 5.91 Å². The van der Waals surface area contributed by atoms with Gasteiger partial charge in [0.25, 0.3) is 5.91 Å². The molecule has 3 nitrogen and oxygen atoms in total. The van der Waals surface area contributed by atoms with Gasteiger partial charge in [-0.05, 0) is 47.2 Å². The molecule has 3 aromatic rings. The van der Waals surface area contributed by atoms with Crippen LogP contribution in [0.2, 0.25) is 0 Å². The number of amides is 1. The molecule has 0 heterocycles. The number of carbonyl (C=O) groups excluding carboxylic acids is 1. The molecular formula is C17H14N2O. The Morgan fingerprint density at radius 3 is 2.30 bits per heavy atom. The zero-order valence-corrected chi connectivity index (χ0v) is 10.8. The lowest BCUT2D eigenvalue weighted by atomic mass is 10.1. The van der Waals surface area contributed by atoms with Crippen LogP contribution in [0, 0.1) is 0 Å². The molecule has 98 valence electrons. The van der Waals surface area contributed by atoms with E-state index in [9.17, 15) is 4.79 Å². The molecule has 3 aromatic carbocycles. The van der Waals surface area contributed by atoms with Gasteiger partial charge in [-0.15, -0.1) is 0 Å². The maximum atomic E-state index is 12.1. The Kier molecular flexibility index (Phi) is 3.09. The van der Waals surface area contributed by atoms with Crippen molar-refractivity contribution >= 4 is 28.1 Å². The van der Waals surface area contributed by atoms with E-state index < -0.39 is 0 Å². The van der Waals surface area contributed by atoms with Gasteiger partial charge in [-0.3, -0.25) is 4.79 Å². The van der Waals surface area contributed by atoms with Gasteiger partial charge >= 0.3 is 0 Å². The fourth-order valence-electron chi connectivity index (χ4n) is 2.10. The Morgan fingerprint density at radius 2 is 1.55 bits per heavy atom. The Balaban J connectivity index is 1.85. The van der Waals surface area contributed by atoms with Crippen molar-refractivity contribution in [3.05, 3.63) is 72.3 Å². The van der Waals surface area contributed by atoms with Crippen LogP contribution in [-0.2, 0) is 0 Å². The van der Waals surface area contributed by atoms with Crippen LogP contribution in [0.3, 0.4) is 0 Å². The summed E-state index contributed by atoms with van der Waals surface area (Å²) in [5, 5.41) is 5.14. The number of nitrogens with two attached hydrogens (primary N) is 1. The van der Waals surface area contributed by atoms with Crippen molar-refractivity contribution in [2.24, 2.45) is 0 Å². The summed E-state index contributed by atoms with van der Waals surface area (Å²) in [5.74, 6) is -0.139. The summed E-state index contributed by atoms with van der Waals surface area (Å²) in [4.78, 5) is 12.1. The fraction of sp³-hybridized carbons (Fsp3) is 0. The van der Waals surface area contributed by atoms with Crippen molar-refractivity contribution in [1.82, 2.24) is 0 Å². The molecule has 0 saturated carbocycles. The highest BCUT2D eigenvalue weighted by atomic mass is 16.1. The van der Waals surface area contributed by atoms with Crippen molar-refractivity contribution < 1.29 is 4.79 Å². The Morgan fingerprint density at radius 1 is 0.850 bits per heavy atom. The summed E-state index contributed by atoms with van der Waals surface area (Å²) in [5.41, 5.74) is 7.63. The molecule has 0 aliphatic rings. The fourth-order valence-corrected chi connectivity index (χ4v) is 2.10. The van der Waals surface area contributed by atoms with E-state index in [0.29, 0.717) is 11.3 Å². The van der Waals surface area contributed by atoms with E-state index in [1.54, 1.807) is 24.3 Å². The number of nitrogen functional groups attached to an aromatic ring is 1. The maximum absolute atomic E-state index is 12.1. The lowest BCUT2D eigenvalue weighted by Crippen LogP contribution is -2.11. The molecule has 3 N–H and O–H groups in total. The third kappa shape index (κ3) is 2.47. The van der Waals surface area contributed by atoms with Crippen LogP contribution < -0.4 is 11.1 Å². The van der Waals surface area contributed by atoms with E-state index in [0.717, 1.165) is 16.5 Å². The molecule has 0 aromatic heterocycles. The Labute approximate surface area is 117 Å². The van der Waals surface area contributed by atoms with Gasteiger partial charge in [0, 0.05) is 16.9 Å². The second-order valence-corrected chi connectivity index (χ2v) is 4.64. The van der Waals surface area contributed by atoms with Gasteiger partial charge in [0.1, 0.15) is 0 Å². The average molecular weight is 262 g/mol. The average Bonchev–Trinajstić information content (AvgIpc) is 2.48. The number of fused-ring (bicyclic) bond motifs is 1. The minimum atomic E-state index is -0.139. The highest BCUT2D eigenvalue weighted by molar-refractivity contribution is 6.05. The highest BCUT2D eigenvalue weighted by Gasteiger charge is 2.05. The summed E-state index contributed by atoms with van der Waals surface area (Å²) in [6.45, 7) is 0. The number of rotatable bonds is 2. The highest BCUT2D eigenvalue weighted by Crippen LogP contribution is 2.19. The molecule has 3 rings (SSSR count). The predicted octanol–water partition coefficient (Wildman–Crippen LogP) is 3.67. The first-order chi connectivity index (χ1) is 9.72. The largest absolute Gasteiger partial charge is 0.399 e. The van der Waals surface area contributed by atoms with Crippen LogP contribution in [0.1, 0.15) is 10.4 Å². The van der Waals surface area contributed by atoms with Crippen LogP contribution in [0.4, 0.5) is 11.4 Å². The zero-order chi connectivity index (χ0) is 13.9. The van der Waals surface area contributed by atoms with Crippen molar-refractivity contribution in [2.75, 3.05) is 11.1 Å². The Hall–Kier alpha value is -2.81. The van der Waals surface area contributed by atoms with E-state index >= 15 is 0 Å². The van der Waals surface area contributed by atoms with Crippen molar-refractivity contribution in [3.8, 4) is 0 Å². The van der Waals surface area contributed by atoms with E-state index in [1.165, 1.54) is 0 Å². The van der Waals surface area contributed by atoms with Crippen LogP contribution in [-0.4, -0.2) is 5.91 Å². The normalized spacial score (nSPS) is 10.4. The molecule has 0 aliphatic heterocycles. The first kappa shape index (κ1) is 12.2. The van der Waals surface area contributed by atoms with Crippen molar-refractivity contribution in [1.29, 1.82) is 0 Å². The SMILES string of the molecule is Nc1ccc(C(=O)Nc2ccc3ccccc3c2)cc1. The summed E-state index contributed by atoms with van der Waals surface area (Å²) >= 11 is 0. The molecule has 0 aliphatic carbocycles. The molecule has 20 heavy (non-hydrogen) atoms. The lowest BCUT2D eigenvalue weighted by Gasteiger charge is -2.07. The topological polar surface area (TPSA) is 55.1 Å². The van der Waals surface area contributed by atoms with Gasteiger partial charge in [-0.1, -0.05) is 30.3 Å². The number of benzene rings is 3. The summed E-state index contributed by atoms with van der Waals surface area (Å²) in [6.07, 6.45) is 0. The van der Waals surface area contributed by atoms with Crippen LogP contribution in [0.5, 0.6) is 0 Å². The number of anilines is 2. The van der Waals surface area contributed by atoms with Crippen LogP contribution in [0.25, 0.3) is 10.8 Å². The number of hydrogen-bond acceptors (Lipinski definition) is 2. The van der Waals surface area contributed by atoms with Gasteiger partial charge in [0.2, 0.25) is 0 Å². The third-order valence-electron chi connectivity index (χ3n) is 3.18. The lowest BCUT2D eigenvalue weighted by molar-refractivity contribution is 0.102. The summed E-state index contributed by atoms with van der Waals surface area (Å²) in [7, 11) is 0. The predicted molar refractivity (Wildman–Crippen MR) is 82.8 cm³/mol. The van der Waals surface area contributed by atoms with Gasteiger partial charge < -0.3 is 11.1 Å². The zero-order valence-electron chi connectivity index (χ0n) is 10.8. The van der Waals surface area contributed by atoms with Gasteiger partial charge in [0.05, 0.1) is 0 Å². The third-order valence-corrected chi connectivity index (χ3v) is 3.18. The summed E-state index contributed by atoms with van der Waals surface area (Å²) < 4.78 is 0. The second-order valence-electron chi connectivity index (χ2n) is 4.64. The standard InChI is InChI=1S/C17H14N2O/c18-15-8-5-13(6-9-15)17(20)19-16-10-7-12-3-1-2-4-14(12)11-16/h1-11H,18H2,(H,19,20). The van der Waals surface area contributed by atoms with Gasteiger partial charge in [-0.2, -0.15) is 0 Å². The van der Waals surface area contributed by atoms with E-state index in [4.69, 9.17) is 5.73 Å². The minimum Gasteiger partial charge on any atom is -0.399 e. The second kappa shape index (κ2) is 5.05. The van der Waals surface area contributed by atoms with Gasteiger partial charge in [-0.25, -0.2) is 0 Å². The molecule has 0 unspecified atom stereocenters. The van der Waals surface area contributed by atoms with Gasteiger partial charge in [0.15, 0.2) is 0 Å². The Bertz CT molecular complexity index is 763. The maximum Gasteiger partial charge on any atom is 0.255 e. The quantitative estimate of drug-likeness (QED) is 0.692. The molecule has 3 heteroatoms. The molecule has 0 bridgehead atoms. The van der Waals surface area contributed by atoms with Crippen molar-refractivity contribution in [3.63, 3.8) is 0 Å². The monoisotopic (exact) mass is 262 g/mol. The number of nitrogens with one attached hydrogen (secondary N) is 1. The van der Waals surface area contributed by atoms with Crippen molar-refractivity contribution in [2.45, 2.75) is 0 Å². The minimum absolute atomic E-state index is 0.139. The molecule has 0 saturated heterocycles. The summed E-state index contributed by atoms with van der Waals surface area (Å²) in [6, 6.07) is 20.8. The van der Waals surface area contributed by atoms with Crippen LogP contribution in [0.15, 0.2) is 66.7 Å². The molecule has 0 fully saturated rings. The molecule has 0 spiro atoms. The first-order valence-electron chi connectivity index (χ1n) is 6.38. The number of hydrogen-bond donors (Lipinski definition) is 2. The molecule has 0 atom stereocenters. The van der Waals surface area contributed by atoms with Crippen LogP contribution >= 0.6 is 0 Å². The molecule has 0 radical (unpaired) electrons. The first-order valence-corrected chi connectivity index (χ1v) is 6.38.